The summed E-state index contributed by atoms with van der Waals surface area (Å²) in [6.45, 7) is -0.167. The number of halogens is 2. The molecule has 1 aliphatic rings. The van der Waals surface area contributed by atoms with Crippen molar-refractivity contribution < 1.29 is 18.4 Å². The molecule has 0 spiro atoms. The Kier molecular flexibility index (Phi) is 4.55. The van der Waals surface area contributed by atoms with Crippen molar-refractivity contribution in [3.8, 4) is 0 Å². The summed E-state index contributed by atoms with van der Waals surface area (Å²) < 4.78 is 27.9. The molecule has 3 rings (SSSR count). The van der Waals surface area contributed by atoms with E-state index < -0.39 is 29.8 Å². The summed E-state index contributed by atoms with van der Waals surface area (Å²) in [6, 6.07) is 13.2. The number of nitrogens with one attached hydrogen (secondary N) is 1. The predicted molar refractivity (Wildman–Crippen MR) is 84.9 cm³/mol. The van der Waals surface area contributed by atoms with E-state index in [2.05, 4.69) is 5.32 Å². The summed E-state index contributed by atoms with van der Waals surface area (Å²) in [5, 5.41) is 2.59. The van der Waals surface area contributed by atoms with E-state index in [1.54, 1.807) is 36.4 Å². The molecule has 0 radical (unpaired) electrons. The second kappa shape index (κ2) is 6.78. The van der Waals surface area contributed by atoms with Crippen LogP contribution in [0.4, 0.5) is 8.78 Å². The Bertz CT molecular complexity index is 752. The van der Waals surface area contributed by atoms with E-state index in [1.165, 1.54) is 23.1 Å². The van der Waals surface area contributed by atoms with Gasteiger partial charge in [0, 0.05) is 12.1 Å². The molecule has 124 valence electrons. The Balaban J connectivity index is 1.68. The summed E-state index contributed by atoms with van der Waals surface area (Å²) in [5.41, 5.74) is 0.323. The van der Waals surface area contributed by atoms with Crippen molar-refractivity contribution in [3.05, 3.63) is 71.5 Å². The van der Waals surface area contributed by atoms with Crippen LogP contribution in [0.15, 0.2) is 54.6 Å². The van der Waals surface area contributed by atoms with Crippen molar-refractivity contribution >= 4 is 11.8 Å². The highest BCUT2D eigenvalue weighted by Crippen LogP contribution is 2.18. The minimum absolute atomic E-state index is 0.00685. The first-order valence-corrected chi connectivity index (χ1v) is 7.60. The molecule has 1 aliphatic heterocycles. The first-order valence-electron chi connectivity index (χ1n) is 7.60. The Hall–Kier alpha value is -2.76. The monoisotopic (exact) mass is 330 g/mol. The zero-order valence-electron chi connectivity index (χ0n) is 12.8. The number of likely N-dealkylation sites (tertiary alicyclic amines) is 1. The number of amides is 2. The minimum Gasteiger partial charge on any atom is -0.345 e. The second-order valence-electron chi connectivity index (χ2n) is 5.65. The quantitative estimate of drug-likeness (QED) is 0.940. The molecule has 0 saturated carbocycles. The van der Waals surface area contributed by atoms with Crippen LogP contribution < -0.4 is 5.32 Å². The van der Waals surface area contributed by atoms with Crippen molar-refractivity contribution in [2.75, 3.05) is 13.1 Å². The molecule has 4 nitrogen and oxygen atoms in total. The van der Waals surface area contributed by atoms with Crippen molar-refractivity contribution in [1.82, 2.24) is 10.2 Å². The largest absolute Gasteiger partial charge is 0.345 e. The molecule has 0 aromatic heterocycles. The number of carbonyl (C=O) groups excluding carboxylic acids is 2. The van der Waals surface area contributed by atoms with E-state index in [9.17, 15) is 18.4 Å². The Labute approximate surface area is 138 Å². The highest BCUT2D eigenvalue weighted by molar-refractivity contribution is 5.96. The maximum Gasteiger partial charge on any atom is 0.256 e. The fourth-order valence-corrected chi connectivity index (χ4v) is 2.71. The Morgan fingerprint density at radius 2 is 1.67 bits per heavy atom. The zero-order valence-corrected chi connectivity index (χ0v) is 12.8. The molecule has 1 fully saturated rings. The fraction of sp³-hybridized carbons (Fsp3) is 0.222. The predicted octanol–water partition coefficient (Wildman–Crippen LogP) is 2.42. The van der Waals surface area contributed by atoms with Crippen LogP contribution in [0.2, 0.25) is 0 Å². The van der Waals surface area contributed by atoms with E-state index in [4.69, 9.17) is 0 Å². The van der Waals surface area contributed by atoms with Gasteiger partial charge >= 0.3 is 0 Å². The van der Waals surface area contributed by atoms with Crippen LogP contribution >= 0.6 is 0 Å². The van der Waals surface area contributed by atoms with Gasteiger partial charge in [-0.2, -0.15) is 0 Å². The van der Waals surface area contributed by atoms with Gasteiger partial charge in [-0.1, -0.05) is 30.3 Å². The number of hydrogen-bond donors (Lipinski definition) is 1. The highest BCUT2D eigenvalue weighted by Gasteiger charge is 2.37. The molecule has 1 saturated heterocycles. The van der Waals surface area contributed by atoms with Gasteiger partial charge in [-0.05, 0) is 24.3 Å². The molecule has 6 heteroatoms. The SMILES string of the molecule is O=C(N[C@@H]1CN(C(=O)c2ccccc2F)C[C@@H]1F)c1ccccc1. The lowest BCUT2D eigenvalue weighted by molar-refractivity contribution is 0.0774. The molecule has 2 amide bonds. The second-order valence-corrected chi connectivity index (χ2v) is 5.65. The number of carbonyl (C=O) groups is 2. The summed E-state index contributed by atoms with van der Waals surface area (Å²) in [5.74, 6) is -1.62. The van der Waals surface area contributed by atoms with Crippen molar-refractivity contribution in [2.24, 2.45) is 0 Å². The molecular weight excluding hydrogens is 314 g/mol. The molecule has 0 bridgehead atoms. The van der Waals surface area contributed by atoms with Gasteiger partial charge in [0.15, 0.2) is 0 Å². The normalized spacial score (nSPS) is 20.0. The maximum atomic E-state index is 14.2. The zero-order chi connectivity index (χ0) is 17.1. The number of rotatable bonds is 3. The van der Waals surface area contributed by atoms with Crippen molar-refractivity contribution in [1.29, 1.82) is 0 Å². The lowest BCUT2D eigenvalue weighted by atomic mass is 10.1. The number of hydrogen-bond acceptors (Lipinski definition) is 2. The summed E-state index contributed by atoms with van der Waals surface area (Å²) in [4.78, 5) is 25.6. The van der Waals surface area contributed by atoms with E-state index >= 15 is 0 Å². The van der Waals surface area contributed by atoms with E-state index in [0.29, 0.717) is 5.56 Å². The maximum absolute atomic E-state index is 14.2. The van der Waals surface area contributed by atoms with E-state index in [0.717, 1.165) is 0 Å². The molecule has 1 heterocycles. The summed E-state index contributed by atoms with van der Waals surface area (Å²) >= 11 is 0. The summed E-state index contributed by atoms with van der Waals surface area (Å²) in [6.07, 6.45) is -1.40. The van der Waals surface area contributed by atoms with Crippen LogP contribution in [0.1, 0.15) is 20.7 Å². The summed E-state index contributed by atoms with van der Waals surface area (Å²) in [7, 11) is 0. The van der Waals surface area contributed by atoms with Gasteiger partial charge in [0.25, 0.3) is 11.8 Å². The average molecular weight is 330 g/mol. The standard InChI is InChI=1S/C18H16F2N2O2/c19-14-9-5-4-8-13(14)18(24)22-10-15(20)16(11-22)21-17(23)12-6-2-1-3-7-12/h1-9,15-16H,10-11H2,(H,21,23)/t15-,16+/m0/s1. The number of benzene rings is 2. The van der Waals surface area contributed by atoms with Crippen molar-refractivity contribution in [2.45, 2.75) is 12.2 Å². The van der Waals surface area contributed by atoms with E-state index in [1.807, 2.05) is 0 Å². The third-order valence-corrected chi connectivity index (χ3v) is 3.99. The average Bonchev–Trinajstić information content (AvgIpc) is 2.96. The number of nitrogens with zero attached hydrogens (tertiary/aromatic N) is 1. The van der Waals surface area contributed by atoms with Gasteiger partial charge in [0.1, 0.15) is 12.0 Å². The number of alkyl halides is 1. The first-order chi connectivity index (χ1) is 11.6. The van der Waals surface area contributed by atoms with Gasteiger partial charge in [-0.25, -0.2) is 8.78 Å². The van der Waals surface area contributed by atoms with Gasteiger partial charge in [0.05, 0.1) is 18.2 Å². The molecule has 1 N–H and O–H groups in total. The minimum atomic E-state index is -1.40. The molecular formula is C18H16F2N2O2. The molecule has 2 atom stereocenters. The third kappa shape index (κ3) is 3.27. The Morgan fingerprint density at radius 1 is 1.00 bits per heavy atom. The first kappa shape index (κ1) is 16.1. The van der Waals surface area contributed by atoms with Crippen LogP contribution in [0, 0.1) is 5.82 Å². The van der Waals surface area contributed by atoms with Crippen LogP contribution in [0.25, 0.3) is 0 Å². The molecule has 2 aromatic rings. The Morgan fingerprint density at radius 3 is 2.38 bits per heavy atom. The van der Waals surface area contributed by atoms with Crippen LogP contribution in [-0.4, -0.2) is 42.0 Å². The highest BCUT2D eigenvalue weighted by atomic mass is 19.1. The van der Waals surface area contributed by atoms with Crippen LogP contribution in [0.3, 0.4) is 0 Å². The van der Waals surface area contributed by atoms with Crippen molar-refractivity contribution in [3.63, 3.8) is 0 Å². The molecule has 0 unspecified atom stereocenters. The smallest absolute Gasteiger partial charge is 0.256 e. The van der Waals surface area contributed by atoms with Gasteiger partial charge in [-0.15, -0.1) is 0 Å². The lowest BCUT2D eigenvalue weighted by Crippen LogP contribution is -2.41. The fourth-order valence-electron chi connectivity index (χ4n) is 2.71. The topological polar surface area (TPSA) is 49.4 Å². The third-order valence-electron chi connectivity index (χ3n) is 3.99. The molecule has 24 heavy (non-hydrogen) atoms. The van der Waals surface area contributed by atoms with Gasteiger partial charge < -0.3 is 10.2 Å². The van der Waals surface area contributed by atoms with Gasteiger partial charge in [-0.3, -0.25) is 9.59 Å². The van der Waals surface area contributed by atoms with Gasteiger partial charge in [0.2, 0.25) is 0 Å². The van der Waals surface area contributed by atoms with E-state index in [-0.39, 0.29) is 18.7 Å². The lowest BCUT2D eigenvalue weighted by Gasteiger charge is -2.17. The molecule has 2 aromatic carbocycles. The van der Waals surface area contributed by atoms with Crippen LogP contribution in [-0.2, 0) is 0 Å². The molecule has 0 aliphatic carbocycles. The van der Waals surface area contributed by atoms with Crippen LogP contribution in [0.5, 0.6) is 0 Å².